The van der Waals surface area contributed by atoms with Gasteiger partial charge in [-0.3, -0.25) is 10.1 Å². The van der Waals surface area contributed by atoms with Gasteiger partial charge in [-0.25, -0.2) is 0 Å². The number of halogens is 1. The Balaban J connectivity index is 2.92. The molecule has 0 saturated carbocycles. The molecule has 0 aromatic heterocycles. The molecule has 0 bridgehead atoms. The standard InChI is InChI=1S/C12H16BrNO2/c1-3-4-11(13)8-10-7-9(2)5-6-12(10)14(15)16/h5-7,11H,3-4,8H2,1-2H3. The first-order valence-corrected chi connectivity index (χ1v) is 6.34. The molecule has 0 radical (unpaired) electrons. The third-order valence-corrected chi connectivity index (χ3v) is 3.26. The molecule has 0 spiro atoms. The lowest BCUT2D eigenvalue weighted by molar-refractivity contribution is -0.385. The van der Waals surface area contributed by atoms with Crippen LogP contribution in [0.15, 0.2) is 18.2 Å². The maximum atomic E-state index is 10.9. The Morgan fingerprint density at radius 2 is 2.19 bits per heavy atom. The van der Waals surface area contributed by atoms with Crippen LogP contribution in [0.1, 0.15) is 30.9 Å². The highest BCUT2D eigenvalue weighted by Crippen LogP contribution is 2.24. The number of rotatable bonds is 5. The van der Waals surface area contributed by atoms with Crippen molar-refractivity contribution in [1.82, 2.24) is 0 Å². The molecule has 0 aliphatic rings. The molecule has 0 heterocycles. The average Bonchev–Trinajstić information content (AvgIpc) is 2.17. The Morgan fingerprint density at radius 3 is 2.75 bits per heavy atom. The summed E-state index contributed by atoms with van der Waals surface area (Å²) in [6.45, 7) is 4.06. The summed E-state index contributed by atoms with van der Waals surface area (Å²) in [5.41, 5.74) is 2.11. The molecule has 1 unspecified atom stereocenters. The first-order chi connectivity index (χ1) is 7.54. The predicted molar refractivity (Wildman–Crippen MR) is 69.2 cm³/mol. The average molecular weight is 286 g/mol. The van der Waals surface area contributed by atoms with E-state index in [0.29, 0.717) is 11.2 Å². The number of hydrogen-bond donors (Lipinski definition) is 0. The van der Waals surface area contributed by atoms with Gasteiger partial charge in [-0.1, -0.05) is 40.9 Å². The summed E-state index contributed by atoms with van der Waals surface area (Å²) in [7, 11) is 0. The van der Waals surface area contributed by atoms with E-state index in [1.807, 2.05) is 13.0 Å². The minimum Gasteiger partial charge on any atom is -0.258 e. The van der Waals surface area contributed by atoms with Crippen LogP contribution in [0.4, 0.5) is 5.69 Å². The minimum absolute atomic E-state index is 0.228. The fourth-order valence-electron chi connectivity index (χ4n) is 1.71. The maximum absolute atomic E-state index is 10.9. The van der Waals surface area contributed by atoms with Gasteiger partial charge in [0.15, 0.2) is 0 Å². The van der Waals surface area contributed by atoms with E-state index in [9.17, 15) is 10.1 Å². The van der Waals surface area contributed by atoms with E-state index in [4.69, 9.17) is 0 Å². The van der Waals surface area contributed by atoms with E-state index >= 15 is 0 Å². The molecule has 1 atom stereocenters. The summed E-state index contributed by atoms with van der Waals surface area (Å²) in [6.07, 6.45) is 2.83. The number of benzene rings is 1. The van der Waals surface area contributed by atoms with Gasteiger partial charge in [0.1, 0.15) is 0 Å². The van der Waals surface area contributed by atoms with Crippen molar-refractivity contribution < 1.29 is 4.92 Å². The molecule has 0 amide bonds. The van der Waals surface area contributed by atoms with E-state index in [1.54, 1.807) is 12.1 Å². The highest BCUT2D eigenvalue weighted by molar-refractivity contribution is 9.09. The number of nitro benzene ring substituents is 1. The zero-order valence-electron chi connectivity index (χ0n) is 9.57. The lowest BCUT2D eigenvalue weighted by atomic mass is 10.0. The fourth-order valence-corrected chi connectivity index (χ4v) is 2.52. The lowest BCUT2D eigenvalue weighted by Gasteiger charge is -2.09. The Kier molecular flexibility index (Phi) is 4.93. The normalized spacial score (nSPS) is 12.4. The molecule has 1 rings (SSSR count). The van der Waals surface area contributed by atoms with Crippen LogP contribution < -0.4 is 0 Å². The van der Waals surface area contributed by atoms with Gasteiger partial charge in [-0.15, -0.1) is 0 Å². The molecule has 0 fully saturated rings. The quantitative estimate of drug-likeness (QED) is 0.466. The summed E-state index contributed by atoms with van der Waals surface area (Å²) in [5, 5.41) is 10.9. The van der Waals surface area contributed by atoms with Crippen molar-refractivity contribution in [3.05, 3.63) is 39.4 Å². The molecule has 16 heavy (non-hydrogen) atoms. The molecule has 0 saturated heterocycles. The van der Waals surface area contributed by atoms with Crippen LogP contribution in [-0.4, -0.2) is 9.75 Å². The molecule has 4 heteroatoms. The molecule has 1 aromatic carbocycles. The highest BCUT2D eigenvalue weighted by Gasteiger charge is 2.16. The SMILES string of the molecule is CCCC(Br)Cc1cc(C)ccc1[N+](=O)[O-]. The third-order valence-electron chi connectivity index (χ3n) is 2.48. The smallest absolute Gasteiger partial charge is 0.258 e. The molecule has 0 N–H and O–H groups in total. The monoisotopic (exact) mass is 285 g/mol. The molecular formula is C12H16BrNO2. The fraction of sp³-hybridized carbons (Fsp3) is 0.500. The number of nitro groups is 1. The van der Waals surface area contributed by atoms with Crippen LogP contribution in [0.5, 0.6) is 0 Å². The van der Waals surface area contributed by atoms with Crippen LogP contribution in [-0.2, 0) is 6.42 Å². The summed E-state index contributed by atoms with van der Waals surface area (Å²) in [5.74, 6) is 0. The largest absolute Gasteiger partial charge is 0.272 e. The van der Waals surface area contributed by atoms with Crippen molar-refractivity contribution >= 4 is 21.6 Å². The zero-order valence-corrected chi connectivity index (χ0v) is 11.2. The molecule has 1 aromatic rings. The van der Waals surface area contributed by atoms with Crippen LogP contribution in [0.25, 0.3) is 0 Å². The molecule has 88 valence electrons. The summed E-state index contributed by atoms with van der Waals surface area (Å²) < 4.78 is 0. The minimum atomic E-state index is -0.305. The second-order valence-corrected chi connectivity index (χ2v) is 5.27. The van der Waals surface area contributed by atoms with Crippen molar-refractivity contribution in [2.75, 3.05) is 0 Å². The van der Waals surface area contributed by atoms with Gasteiger partial charge >= 0.3 is 0 Å². The molecule has 3 nitrogen and oxygen atoms in total. The topological polar surface area (TPSA) is 43.1 Å². The summed E-state index contributed by atoms with van der Waals surface area (Å²) in [4.78, 5) is 10.9. The number of nitrogens with zero attached hydrogens (tertiary/aromatic N) is 1. The van der Waals surface area contributed by atoms with Gasteiger partial charge in [0.2, 0.25) is 0 Å². The molecule has 0 aliphatic carbocycles. The van der Waals surface area contributed by atoms with Gasteiger partial charge in [0, 0.05) is 16.5 Å². The van der Waals surface area contributed by atoms with Crippen LogP contribution in [0.3, 0.4) is 0 Å². The second-order valence-electron chi connectivity index (χ2n) is 3.98. The van der Waals surface area contributed by atoms with Gasteiger partial charge in [0.25, 0.3) is 5.69 Å². The van der Waals surface area contributed by atoms with Crippen molar-refractivity contribution in [2.24, 2.45) is 0 Å². The van der Waals surface area contributed by atoms with Crippen LogP contribution in [0.2, 0.25) is 0 Å². The summed E-state index contributed by atoms with van der Waals surface area (Å²) in [6, 6.07) is 5.28. The van der Waals surface area contributed by atoms with Gasteiger partial charge in [-0.05, 0) is 25.8 Å². The second kappa shape index (κ2) is 5.99. The van der Waals surface area contributed by atoms with Crippen molar-refractivity contribution in [3.63, 3.8) is 0 Å². The van der Waals surface area contributed by atoms with E-state index in [2.05, 4.69) is 22.9 Å². The Hall–Kier alpha value is -0.900. The third kappa shape index (κ3) is 3.59. The number of aryl methyl sites for hydroxylation is 1. The first-order valence-electron chi connectivity index (χ1n) is 5.42. The zero-order chi connectivity index (χ0) is 12.1. The van der Waals surface area contributed by atoms with Crippen molar-refractivity contribution in [3.8, 4) is 0 Å². The van der Waals surface area contributed by atoms with E-state index in [-0.39, 0.29) is 10.6 Å². The maximum Gasteiger partial charge on any atom is 0.272 e. The van der Waals surface area contributed by atoms with Gasteiger partial charge in [-0.2, -0.15) is 0 Å². The van der Waals surface area contributed by atoms with E-state index < -0.39 is 0 Å². The molecule has 0 aliphatic heterocycles. The van der Waals surface area contributed by atoms with Crippen molar-refractivity contribution in [2.45, 2.75) is 37.9 Å². The Morgan fingerprint density at radius 1 is 1.50 bits per heavy atom. The van der Waals surface area contributed by atoms with Crippen LogP contribution in [0, 0.1) is 17.0 Å². The number of alkyl halides is 1. The van der Waals surface area contributed by atoms with E-state index in [1.165, 1.54) is 0 Å². The predicted octanol–water partition coefficient (Wildman–Crippen LogP) is 4.01. The van der Waals surface area contributed by atoms with Crippen LogP contribution >= 0.6 is 15.9 Å². The highest BCUT2D eigenvalue weighted by atomic mass is 79.9. The Bertz CT molecular complexity index is 379. The Labute approximate surface area is 104 Å². The van der Waals surface area contributed by atoms with Gasteiger partial charge < -0.3 is 0 Å². The van der Waals surface area contributed by atoms with Gasteiger partial charge in [0.05, 0.1) is 4.92 Å². The number of hydrogen-bond acceptors (Lipinski definition) is 2. The summed E-state index contributed by atoms with van der Waals surface area (Å²) >= 11 is 3.56. The van der Waals surface area contributed by atoms with E-state index in [0.717, 1.165) is 24.0 Å². The first kappa shape index (κ1) is 13.2. The van der Waals surface area contributed by atoms with Crippen molar-refractivity contribution in [1.29, 1.82) is 0 Å². The molecular weight excluding hydrogens is 270 g/mol. The lowest BCUT2D eigenvalue weighted by Crippen LogP contribution is -2.05.